The molecule has 4 N–H and O–H groups in total. The number of hydrogen-bond acceptors (Lipinski definition) is 6. The molecular formula is C10H12BNO7S. The fourth-order valence-electron chi connectivity index (χ4n) is 1.36. The summed E-state index contributed by atoms with van der Waals surface area (Å²) in [6.07, 6.45) is -0.618. The molecule has 0 aliphatic heterocycles. The third-order valence-corrected chi connectivity index (χ3v) is 3.66. The first-order chi connectivity index (χ1) is 9.22. The number of hydrogen-bond donors (Lipinski definition) is 4. The van der Waals surface area contributed by atoms with Gasteiger partial charge in [0.2, 0.25) is 9.84 Å². The molecule has 0 saturated heterocycles. The molecular weight excluding hydrogens is 289 g/mol. The highest BCUT2D eigenvalue weighted by atomic mass is 32.2. The Balaban J connectivity index is 2.83. The van der Waals surface area contributed by atoms with Gasteiger partial charge in [-0.25, -0.2) is 13.2 Å². The average Bonchev–Trinajstić information content (AvgIpc) is 2.35. The Morgan fingerprint density at radius 2 is 1.90 bits per heavy atom. The minimum absolute atomic E-state index is 0.0936. The van der Waals surface area contributed by atoms with Crippen molar-refractivity contribution in [2.45, 2.75) is 5.75 Å². The molecule has 0 spiro atoms. The second-order valence-electron chi connectivity index (χ2n) is 3.91. The zero-order chi connectivity index (χ0) is 15.3. The summed E-state index contributed by atoms with van der Waals surface area (Å²) in [6, 6.07) is 5.18. The predicted molar refractivity (Wildman–Crippen MR) is 69.6 cm³/mol. The van der Waals surface area contributed by atoms with E-state index in [4.69, 9.17) is 15.2 Å². The van der Waals surface area contributed by atoms with Crippen LogP contribution in [0, 0.1) is 0 Å². The van der Waals surface area contributed by atoms with E-state index in [2.05, 4.69) is 0 Å². The first kappa shape index (κ1) is 16.2. The van der Waals surface area contributed by atoms with Crippen molar-refractivity contribution in [3.63, 3.8) is 0 Å². The fraction of sp³-hybridized carbons (Fsp3) is 0.200. The Kier molecular flexibility index (Phi) is 5.25. The quantitative estimate of drug-likeness (QED) is 0.512. The van der Waals surface area contributed by atoms with Gasteiger partial charge >= 0.3 is 18.3 Å². The van der Waals surface area contributed by atoms with Crippen molar-refractivity contribution in [1.29, 1.82) is 0 Å². The van der Waals surface area contributed by atoms with Crippen LogP contribution in [0.15, 0.2) is 24.3 Å². The molecule has 0 fully saturated rings. The van der Waals surface area contributed by atoms with Gasteiger partial charge in [0.05, 0.1) is 17.8 Å². The Morgan fingerprint density at radius 3 is 2.45 bits per heavy atom. The molecule has 1 rings (SSSR count). The molecule has 0 unspecified atom stereocenters. The lowest BCUT2D eigenvalue weighted by molar-refractivity contribution is 0.0696. The summed E-state index contributed by atoms with van der Waals surface area (Å²) in [6.45, 7) is 0. The minimum atomic E-state index is -4.22. The number of benzene rings is 1. The Hall–Kier alpha value is -1.91. The summed E-state index contributed by atoms with van der Waals surface area (Å²) in [4.78, 5) is 22.1. The van der Waals surface area contributed by atoms with Crippen LogP contribution in [0.1, 0.15) is 15.9 Å². The normalized spacial score (nSPS) is 10.9. The van der Waals surface area contributed by atoms with Gasteiger partial charge in [-0.3, -0.25) is 4.79 Å². The molecule has 1 aromatic carbocycles. The second kappa shape index (κ2) is 6.50. The summed E-state index contributed by atoms with van der Waals surface area (Å²) in [5.74, 6) is -1.89. The van der Waals surface area contributed by atoms with Crippen molar-refractivity contribution >= 4 is 28.2 Å². The van der Waals surface area contributed by atoms with Crippen LogP contribution in [-0.2, 0) is 15.6 Å². The number of amides is 1. The number of carboxylic acids is 1. The number of rotatable bonds is 5. The Morgan fingerprint density at radius 1 is 1.25 bits per heavy atom. The molecule has 0 aliphatic rings. The lowest BCUT2D eigenvalue weighted by atomic mass is 9.93. The predicted octanol–water partition coefficient (Wildman–Crippen LogP) is -0.979. The van der Waals surface area contributed by atoms with Gasteiger partial charge < -0.3 is 20.5 Å². The topological polar surface area (TPSA) is 141 Å². The molecule has 8 nitrogen and oxygen atoms in total. The lowest BCUT2D eigenvalue weighted by Crippen LogP contribution is -2.38. The summed E-state index contributed by atoms with van der Waals surface area (Å²) in [7, 11) is -6.07. The van der Waals surface area contributed by atoms with Crippen LogP contribution in [0.2, 0.25) is 0 Å². The van der Waals surface area contributed by atoms with E-state index in [0.717, 1.165) is 6.07 Å². The maximum Gasteiger partial charge on any atom is 0.472 e. The second-order valence-corrected chi connectivity index (χ2v) is 5.80. The number of carboxylic acid groups (broad SMARTS) is 1. The number of carbonyl (C=O) groups excluding carboxylic acids is 1. The molecule has 0 aromatic heterocycles. The molecule has 20 heavy (non-hydrogen) atoms. The smallest absolute Gasteiger partial charge is 0.472 e. The van der Waals surface area contributed by atoms with Crippen LogP contribution in [0.3, 0.4) is 0 Å². The molecule has 0 saturated carbocycles. The van der Waals surface area contributed by atoms with E-state index in [1.54, 1.807) is 0 Å². The first-order valence-corrected chi connectivity index (χ1v) is 7.06. The van der Waals surface area contributed by atoms with Gasteiger partial charge in [0.15, 0.2) is 0 Å². The summed E-state index contributed by atoms with van der Waals surface area (Å²) in [5, 5.41) is 26.3. The van der Waals surface area contributed by atoms with Gasteiger partial charge in [-0.2, -0.15) is 0 Å². The van der Waals surface area contributed by atoms with Crippen LogP contribution < -0.4 is 5.32 Å². The molecule has 10 heteroatoms. The van der Waals surface area contributed by atoms with Gasteiger partial charge in [0.1, 0.15) is 0 Å². The highest BCUT2D eigenvalue weighted by Gasteiger charge is 2.24. The Labute approximate surface area is 115 Å². The summed E-state index contributed by atoms with van der Waals surface area (Å²) in [5.41, 5.74) is 0.0495. The van der Waals surface area contributed by atoms with Gasteiger partial charge in [-0.05, 0) is 17.7 Å². The van der Waals surface area contributed by atoms with Crippen molar-refractivity contribution in [2.24, 2.45) is 0 Å². The van der Waals surface area contributed by atoms with Crippen molar-refractivity contribution in [1.82, 2.24) is 5.32 Å². The van der Waals surface area contributed by atoms with Crippen molar-refractivity contribution in [3.05, 3.63) is 35.4 Å². The zero-order valence-corrected chi connectivity index (χ0v) is 11.0. The molecule has 1 amide bonds. The van der Waals surface area contributed by atoms with Crippen LogP contribution >= 0.6 is 0 Å². The van der Waals surface area contributed by atoms with Crippen LogP contribution in [0.4, 0.5) is 4.79 Å². The minimum Gasteiger partial charge on any atom is -0.478 e. The van der Waals surface area contributed by atoms with E-state index >= 15 is 0 Å². The standard InChI is InChI=1S/C10H12BNO7S/c13-9(14)8-3-1-2-7(4-8)5-20(18,19)10(15)12-6-11(16)17/h1-4,16-17H,5-6H2,(H,12,15)(H,13,14). The molecule has 0 atom stereocenters. The SMILES string of the molecule is O=C(O)c1cccc(CS(=O)(=O)C(=O)NCB(O)O)c1. The van der Waals surface area contributed by atoms with Gasteiger partial charge in [0.25, 0.3) is 0 Å². The first-order valence-electron chi connectivity index (χ1n) is 5.41. The molecule has 0 heterocycles. The van der Waals surface area contributed by atoms with Crippen molar-refractivity contribution < 1.29 is 33.2 Å². The molecule has 1 aromatic rings. The third kappa shape index (κ3) is 4.65. The lowest BCUT2D eigenvalue weighted by Gasteiger charge is -2.06. The summed E-state index contributed by atoms with van der Waals surface area (Å²) < 4.78 is 23.3. The maximum absolute atomic E-state index is 11.7. The third-order valence-electron chi connectivity index (χ3n) is 2.24. The average molecular weight is 301 g/mol. The maximum atomic E-state index is 11.7. The van der Waals surface area contributed by atoms with Crippen LogP contribution in [0.5, 0.6) is 0 Å². The largest absolute Gasteiger partial charge is 0.478 e. The molecule has 108 valence electrons. The number of aromatic carboxylic acids is 1. The van der Waals surface area contributed by atoms with Crippen molar-refractivity contribution in [2.75, 3.05) is 6.44 Å². The van der Waals surface area contributed by atoms with Crippen molar-refractivity contribution in [3.8, 4) is 0 Å². The van der Waals surface area contributed by atoms with Gasteiger partial charge in [-0.15, -0.1) is 0 Å². The monoisotopic (exact) mass is 301 g/mol. The van der Waals surface area contributed by atoms with E-state index in [1.807, 2.05) is 5.32 Å². The highest BCUT2D eigenvalue weighted by Crippen LogP contribution is 2.10. The summed E-state index contributed by atoms with van der Waals surface area (Å²) >= 11 is 0. The number of nitrogens with one attached hydrogen (secondary N) is 1. The Bertz CT molecular complexity index is 614. The molecule has 0 radical (unpaired) electrons. The molecule has 0 bridgehead atoms. The fourth-order valence-corrected chi connectivity index (χ4v) is 2.42. The van der Waals surface area contributed by atoms with E-state index in [0.29, 0.717) is 0 Å². The highest BCUT2D eigenvalue weighted by molar-refractivity contribution is 8.05. The van der Waals surface area contributed by atoms with E-state index < -0.39 is 40.4 Å². The van der Waals surface area contributed by atoms with Crippen LogP contribution in [-0.4, -0.2) is 48.3 Å². The van der Waals surface area contributed by atoms with E-state index in [-0.39, 0.29) is 11.1 Å². The van der Waals surface area contributed by atoms with Gasteiger partial charge in [0, 0.05) is 0 Å². The van der Waals surface area contributed by atoms with Crippen LogP contribution in [0.25, 0.3) is 0 Å². The number of carbonyl (C=O) groups is 2. The van der Waals surface area contributed by atoms with Gasteiger partial charge in [-0.1, -0.05) is 12.1 Å². The van der Waals surface area contributed by atoms with E-state index in [9.17, 15) is 18.0 Å². The molecule has 0 aliphatic carbocycles. The number of sulfone groups is 1. The zero-order valence-electron chi connectivity index (χ0n) is 10.2. The van der Waals surface area contributed by atoms with E-state index in [1.165, 1.54) is 18.2 Å².